The summed E-state index contributed by atoms with van der Waals surface area (Å²) in [5, 5.41) is 15.8. The Morgan fingerprint density at radius 1 is 1.10 bits per heavy atom. The average Bonchev–Trinajstić information content (AvgIpc) is 3.23. The van der Waals surface area contributed by atoms with Gasteiger partial charge in [0, 0.05) is 42.5 Å². The minimum atomic E-state index is 0.441. The van der Waals surface area contributed by atoms with Crippen molar-refractivity contribution in [3.63, 3.8) is 0 Å². The van der Waals surface area contributed by atoms with Crippen LogP contribution in [0, 0.1) is 0 Å². The molecule has 158 valence electrons. The Bertz CT molecular complexity index is 1160. The average molecular weight is 416 g/mol. The first-order chi connectivity index (χ1) is 15.2. The smallest absolute Gasteiger partial charge is 0.143 e. The molecule has 2 atom stereocenters. The number of fused-ring (bicyclic) bond motifs is 1. The van der Waals surface area contributed by atoms with Crippen LogP contribution < -0.4 is 15.5 Å². The van der Waals surface area contributed by atoms with Gasteiger partial charge in [0.25, 0.3) is 0 Å². The van der Waals surface area contributed by atoms with E-state index in [1.54, 1.807) is 18.7 Å². The van der Waals surface area contributed by atoms with Crippen molar-refractivity contribution in [2.45, 2.75) is 32.5 Å². The van der Waals surface area contributed by atoms with E-state index in [-0.39, 0.29) is 0 Å². The van der Waals surface area contributed by atoms with E-state index >= 15 is 0 Å². The third-order valence-electron chi connectivity index (χ3n) is 5.48. The molecule has 0 spiro atoms. The van der Waals surface area contributed by atoms with E-state index in [9.17, 15) is 0 Å². The number of H-pyrrole nitrogens is 1. The van der Waals surface area contributed by atoms with Gasteiger partial charge in [-0.25, -0.2) is 15.0 Å². The summed E-state index contributed by atoms with van der Waals surface area (Å²) >= 11 is 0. The lowest BCUT2D eigenvalue weighted by Gasteiger charge is -2.37. The van der Waals surface area contributed by atoms with Crippen LogP contribution in [0.5, 0.6) is 0 Å². The molecule has 9 heteroatoms. The highest BCUT2D eigenvalue weighted by molar-refractivity contribution is 6.00. The van der Waals surface area contributed by atoms with Gasteiger partial charge in [-0.1, -0.05) is 6.07 Å². The third kappa shape index (κ3) is 4.04. The van der Waals surface area contributed by atoms with Gasteiger partial charge in [-0.2, -0.15) is 10.2 Å². The van der Waals surface area contributed by atoms with Gasteiger partial charge in [0.15, 0.2) is 0 Å². The molecular formula is C22H25N9. The molecular weight excluding hydrogens is 390 g/mol. The van der Waals surface area contributed by atoms with Gasteiger partial charge >= 0.3 is 0 Å². The number of hydrogen-bond acceptors (Lipinski definition) is 8. The van der Waals surface area contributed by atoms with Crippen LogP contribution in [-0.4, -0.2) is 55.3 Å². The van der Waals surface area contributed by atoms with E-state index in [1.165, 1.54) is 0 Å². The monoisotopic (exact) mass is 415 g/mol. The Morgan fingerprint density at radius 2 is 1.97 bits per heavy atom. The molecule has 5 heterocycles. The fourth-order valence-electron chi connectivity index (χ4n) is 4.20. The van der Waals surface area contributed by atoms with Crippen LogP contribution in [-0.2, 0) is 6.54 Å². The highest BCUT2D eigenvalue weighted by atomic mass is 15.3. The van der Waals surface area contributed by atoms with E-state index in [0.29, 0.717) is 18.6 Å². The van der Waals surface area contributed by atoms with E-state index < -0.39 is 0 Å². The maximum Gasteiger partial charge on any atom is 0.143 e. The molecule has 4 aromatic rings. The molecule has 0 bridgehead atoms. The summed E-state index contributed by atoms with van der Waals surface area (Å²) in [6.07, 6.45) is 6.90. The largest absolute Gasteiger partial charge is 0.364 e. The maximum atomic E-state index is 4.89. The normalized spacial score (nSPS) is 19.0. The zero-order valence-corrected chi connectivity index (χ0v) is 17.6. The Hall–Kier alpha value is -3.59. The van der Waals surface area contributed by atoms with Crippen LogP contribution in [0.3, 0.4) is 0 Å². The molecule has 0 saturated carbocycles. The van der Waals surface area contributed by atoms with E-state index in [2.05, 4.69) is 66.7 Å². The number of hydrogen-bond donors (Lipinski definition) is 3. The van der Waals surface area contributed by atoms with Crippen LogP contribution in [0.1, 0.15) is 19.5 Å². The van der Waals surface area contributed by atoms with Gasteiger partial charge in [0.2, 0.25) is 0 Å². The first-order valence-electron chi connectivity index (χ1n) is 10.5. The van der Waals surface area contributed by atoms with Crippen molar-refractivity contribution in [1.82, 2.24) is 35.5 Å². The molecule has 1 aliphatic rings. The third-order valence-corrected chi connectivity index (χ3v) is 5.48. The number of piperazine rings is 1. The number of nitrogens with one attached hydrogen (secondary N) is 3. The summed E-state index contributed by atoms with van der Waals surface area (Å²) in [4.78, 5) is 19.3. The molecule has 31 heavy (non-hydrogen) atoms. The fourth-order valence-corrected chi connectivity index (χ4v) is 4.20. The first kappa shape index (κ1) is 19.4. The lowest BCUT2D eigenvalue weighted by molar-refractivity contribution is 0.405. The van der Waals surface area contributed by atoms with E-state index in [0.717, 1.165) is 52.6 Å². The van der Waals surface area contributed by atoms with Crippen molar-refractivity contribution in [2.75, 3.05) is 23.3 Å². The highest BCUT2D eigenvalue weighted by Gasteiger charge is 2.22. The Kier molecular flexibility index (Phi) is 5.17. The summed E-state index contributed by atoms with van der Waals surface area (Å²) in [7, 11) is 0. The molecule has 0 aliphatic carbocycles. The topological polar surface area (TPSA) is 108 Å². The standard InChI is InChI=1S/C22H25N9/c1-14-11-31(12-15(2)29-14)19-5-3-4-17(30-19)9-23-21-20-18(16-6-7-27-28-8-16)10-24-22(20)26-13-25-21/h3-8,10,13-15,29H,9,11-12H2,1-2H3,(H2,23,24,25,26)/t14-,15+. The SMILES string of the molecule is C[C@@H]1CN(c2cccc(CNc3ncnc4[nH]cc(-c5ccnnc5)c34)n2)C[C@H](C)N1. The van der Waals surface area contributed by atoms with Crippen molar-refractivity contribution in [1.29, 1.82) is 0 Å². The zero-order valence-electron chi connectivity index (χ0n) is 17.6. The quantitative estimate of drug-likeness (QED) is 0.457. The lowest BCUT2D eigenvalue weighted by Crippen LogP contribution is -2.54. The second kappa shape index (κ2) is 8.27. The Morgan fingerprint density at radius 3 is 2.77 bits per heavy atom. The molecule has 0 amide bonds. The molecule has 1 saturated heterocycles. The minimum absolute atomic E-state index is 0.441. The summed E-state index contributed by atoms with van der Waals surface area (Å²) in [5.74, 6) is 1.77. The minimum Gasteiger partial charge on any atom is -0.364 e. The number of aromatic amines is 1. The Labute approximate surface area is 180 Å². The second-order valence-electron chi connectivity index (χ2n) is 7.99. The molecule has 0 unspecified atom stereocenters. The van der Waals surface area contributed by atoms with Crippen molar-refractivity contribution >= 4 is 22.7 Å². The number of aromatic nitrogens is 6. The van der Waals surface area contributed by atoms with E-state index in [4.69, 9.17) is 4.98 Å². The second-order valence-corrected chi connectivity index (χ2v) is 7.99. The van der Waals surface area contributed by atoms with Gasteiger partial charge in [-0.15, -0.1) is 0 Å². The zero-order chi connectivity index (χ0) is 21.2. The first-order valence-corrected chi connectivity index (χ1v) is 10.5. The molecule has 3 N–H and O–H groups in total. The highest BCUT2D eigenvalue weighted by Crippen LogP contribution is 2.31. The molecule has 0 radical (unpaired) electrons. The Balaban J connectivity index is 1.39. The number of anilines is 2. The summed E-state index contributed by atoms with van der Waals surface area (Å²) in [6.45, 7) is 6.89. The van der Waals surface area contributed by atoms with Crippen LogP contribution in [0.25, 0.3) is 22.2 Å². The molecule has 5 rings (SSSR count). The van der Waals surface area contributed by atoms with Crippen molar-refractivity contribution in [3.05, 3.63) is 54.9 Å². The summed E-state index contributed by atoms with van der Waals surface area (Å²) in [5.41, 5.74) is 3.68. The van der Waals surface area contributed by atoms with Crippen molar-refractivity contribution in [2.24, 2.45) is 0 Å². The van der Waals surface area contributed by atoms with Crippen LogP contribution in [0.15, 0.2) is 49.2 Å². The summed E-state index contributed by atoms with van der Waals surface area (Å²) < 4.78 is 0. The van der Waals surface area contributed by atoms with Crippen molar-refractivity contribution < 1.29 is 0 Å². The molecule has 9 nitrogen and oxygen atoms in total. The fraction of sp³-hybridized carbons (Fsp3) is 0.318. The lowest BCUT2D eigenvalue weighted by atomic mass is 10.1. The van der Waals surface area contributed by atoms with Gasteiger partial charge < -0.3 is 20.5 Å². The predicted molar refractivity (Wildman–Crippen MR) is 121 cm³/mol. The van der Waals surface area contributed by atoms with Gasteiger partial charge in [0.1, 0.15) is 23.6 Å². The number of nitrogens with zero attached hydrogens (tertiary/aromatic N) is 6. The van der Waals surface area contributed by atoms with Crippen LogP contribution in [0.2, 0.25) is 0 Å². The van der Waals surface area contributed by atoms with E-state index in [1.807, 2.05) is 18.3 Å². The van der Waals surface area contributed by atoms with Crippen molar-refractivity contribution in [3.8, 4) is 11.1 Å². The predicted octanol–water partition coefficient (Wildman–Crippen LogP) is 2.61. The number of pyridine rings is 1. The molecule has 0 aromatic carbocycles. The summed E-state index contributed by atoms with van der Waals surface area (Å²) in [6, 6.07) is 8.99. The molecule has 1 fully saturated rings. The van der Waals surface area contributed by atoms with Gasteiger partial charge in [-0.05, 0) is 32.0 Å². The van der Waals surface area contributed by atoms with Gasteiger partial charge in [0.05, 0.1) is 30.0 Å². The van der Waals surface area contributed by atoms with Crippen LogP contribution >= 0.6 is 0 Å². The molecule has 4 aromatic heterocycles. The maximum absolute atomic E-state index is 4.89. The molecule has 1 aliphatic heterocycles. The van der Waals surface area contributed by atoms with Crippen LogP contribution in [0.4, 0.5) is 11.6 Å². The number of rotatable bonds is 5. The van der Waals surface area contributed by atoms with Gasteiger partial charge in [-0.3, -0.25) is 0 Å².